The zero-order chi connectivity index (χ0) is 15.8. The lowest BCUT2D eigenvalue weighted by molar-refractivity contribution is -0.141. The van der Waals surface area contributed by atoms with E-state index in [0.717, 1.165) is 37.0 Å². The van der Waals surface area contributed by atoms with Gasteiger partial charge < -0.3 is 15.0 Å². The predicted molar refractivity (Wildman–Crippen MR) is 85.0 cm³/mol. The smallest absolute Gasteiger partial charge is 0.263 e. The van der Waals surface area contributed by atoms with E-state index >= 15 is 0 Å². The summed E-state index contributed by atoms with van der Waals surface area (Å²) < 4.78 is 5.79. The van der Waals surface area contributed by atoms with Gasteiger partial charge in [0.05, 0.1) is 0 Å². The van der Waals surface area contributed by atoms with Crippen LogP contribution in [0.5, 0.6) is 5.75 Å². The Labute approximate surface area is 136 Å². The molecule has 1 aromatic rings. The van der Waals surface area contributed by atoms with E-state index in [4.69, 9.17) is 4.74 Å². The number of carbonyl (C=O) groups is 2. The highest BCUT2D eigenvalue weighted by Crippen LogP contribution is 2.30. The van der Waals surface area contributed by atoms with Gasteiger partial charge in [-0.1, -0.05) is 18.2 Å². The van der Waals surface area contributed by atoms with Gasteiger partial charge in [-0.25, -0.2) is 0 Å². The molecule has 5 nitrogen and oxygen atoms in total. The molecule has 1 N–H and O–H groups in total. The van der Waals surface area contributed by atoms with Crippen molar-refractivity contribution in [1.82, 2.24) is 10.2 Å². The number of ether oxygens (including phenoxy) is 1. The lowest BCUT2D eigenvalue weighted by Gasteiger charge is -2.32. The first kappa shape index (κ1) is 14.5. The Morgan fingerprint density at radius 1 is 1.09 bits per heavy atom. The molecule has 0 bridgehead atoms. The third-order valence-electron chi connectivity index (χ3n) is 5.02. The number of fused-ring (bicyclic) bond motifs is 1. The van der Waals surface area contributed by atoms with E-state index in [2.05, 4.69) is 5.32 Å². The topological polar surface area (TPSA) is 58.6 Å². The number of carbonyl (C=O) groups excluding carboxylic acids is 2. The lowest BCUT2D eigenvalue weighted by atomic mass is 9.95. The Morgan fingerprint density at radius 3 is 2.52 bits per heavy atom. The molecule has 1 unspecified atom stereocenters. The molecule has 2 heterocycles. The molecule has 2 aliphatic heterocycles. The van der Waals surface area contributed by atoms with Gasteiger partial charge in [0.2, 0.25) is 5.91 Å². The van der Waals surface area contributed by atoms with Crippen LogP contribution in [0.25, 0.3) is 0 Å². The molecule has 1 saturated heterocycles. The quantitative estimate of drug-likeness (QED) is 0.920. The predicted octanol–water partition coefficient (Wildman–Crippen LogP) is 1.51. The fourth-order valence-corrected chi connectivity index (χ4v) is 3.43. The maximum Gasteiger partial charge on any atom is 0.263 e. The monoisotopic (exact) mass is 314 g/mol. The van der Waals surface area contributed by atoms with E-state index in [1.807, 2.05) is 29.2 Å². The van der Waals surface area contributed by atoms with Crippen molar-refractivity contribution >= 4 is 11.8 Å². The van der Waals surface area contributed by atoms with Gasteiger partial charge in [0.25, 0.3) is 5.91 Å². The molecule has 23 heavy (non-hydrogen) atoms. The van der Waals surface area contributed by atoms with Gasteiger partial charge in [0.15, 0.2) is 6.10 Å². The highest BCUT2D eigenvalue weighted by atomic mass is 16.5. The first-order valence-electron chi connectivity index (χ1n) is 8.54. The second-order valence-corrected chi connectivity index (χ2v) is 6.80. The van der Waals surface area contributed by atoms with E-state index in [1.165, 1.54) is 0 Å². The number of amides is 2. The summed E-state index contributed by atoms with van der Waals surface area (Å²) in [5.74, 6) is 1.11. The molecule has 122 valence electrons. The van der Waals surface area contributed by atoms with Gasteiger partial charge in [-0.15, -0.1) is 0 Å². The van der Waals surface area contributed by atoms with E-state index in [0.29, 0.717) is 25.6 Å². The van der Waals surface area contributed by atoms with E-state index in [9.17, 15) is 9.59 Å². The molecule has 1 atom stereocenters. The minimum absolute atomic E-state index is 0.0568. The van der Waals surface area contributed by atoms with Crippen LogP contribution in [0.2, 0.25) is 0 Å². The summed E-state index contributed by atoms with van der Waals surface area (Å²) in [6.07, 6.45) is 3.99. The molecule has 2 fully saturated rings. The molecule has 0 aromatic heterocycles. The third-order valence-corrected chi connectivity index (χ3v) is 5.02. The minimum Gasteiger partial charge on any atom is -0.480 e. The highest BCUT2D eigenvalue weighted by Gasteiger charge is 2.36. The summed E-state index contributed by atoms with van der Waals surface area (Å²) in [5.41, 5.74) is 1.10. The molecule has 1 saturated carbocycles. The zero-order valence-corrected chi connectivity index (χ0v) is 13.2. The van der Waals surface area contributed by atoms with Crippen molar-refractivity contribution in [2.75, 3.05) is 13.1 Å². The summed E-state index contributed by atoms with van der Waals surface area (Å²) in [7, 11) is 0. The fraction of sp³-hybridized carbons (Fsp3) is 0.556. The van der Waals surface area contributed by atoms with E-state index < -0.39 is 6.10 Å². The average molecular weight is 314 g/mol. The Morgan fingerprint density at radius 2 is 1.83 bits per heavy atom. The lowest BCUT2D eigenvalue weighted by Crippen LogP contribution is -2.47. The van der Waals surface area contributed by atoms with Crippen LogP contribution in [0.15, 0.2) is 24.3 Å². The molecular weight excluding hydrogens is 292 g/mol. The number of piperidine rings is 1. The van der Waals surface area contributed by atoms with E-state index in [-0.39, 0.29) is 17.7 Å². The summed E-state index contributed by atoms with van der Waals surface area (Å²) in [6.45, 7) is 1.30. The maximum atomic E-state index is 12.6. The van der Waals surface area contributed by atoms with Crippen LogP contribution in [0.4, 0.5) is 0 Å². The fourth-order valence-electron chi connectivity index (χ4n) is 3.43. The SMILES string of the molecule is O=C(NC1CC1)C1CCN(C(=O)C2Cc3ccccc3O2)CC1. The number of likely N-dealkylation sites (tertiary alicyclic amines) is 1. The number of benzene rings is 1. The van der Waals surface area contributed by atoms with Crippen molar-refractivity contribution in [3.8, 4) is 5.75 Å². The standard InChI is InChI=1S/C18H22N2O3/c21-17(19-14-5-6-14)12-7-9-20(10-8-12)18(22)16-11-13-3-1-2-4-15(13)23-16/h1-4,12,14,16H,5-11H2,(H,19,21). The number of nitrogens with zero attached hydrogens (tertiary/aromatic N) is 1. The largest absolute Gasteiger partial charge is 0.480 e. The molecule has 3 aliphatic rings. The van der Waals surface area contributed by atoms with Crippen LogP contribution in [0.1, 0.15) is 31.2 Å². The molecule has 4 rings (SSSR count). The van der Waals surface area contributed by atoms with Gasteiger partial charge in [-0.2, -0.15) is 0 Å². The molecule has 1 aromatic carbocycles. The van der Waals surface area contributed by atoms with Crippen molar-refractivity contribution in [3.63, 3.8) is 0 Å². The Kier molecular flexibility index (Phi) is 3.71. The van der Waals surface area contributed by atoms with Crippen LogP contribution in [0, 0.1) is 5.92 Å². The first-order chi connectivity index (χ1) is 11.2. The zero-order valence-electron chi connectivity index (χ0n) is 13.2. The normalized spacial score (nSPS) is 24.0. The van der Waals surface area contributed by atoms with Gasteiger partial charge in [-0.05, 0) is 37.3 Å². The average Bonchev–Trinajstić information content (AvgIpc) is 3.29. The first-order valence-corrected chi connectivity index (χ1v) is 8.54. The molecule has 2 amide bonds. The summed E-state index contributed by atoms with van der Waals surface area (Å²) in [6, 6.07) is 8.23. The minimum atomic E-state index is -0.399. The third kappa shape index (κ3) is 3.05. The molecule has 0 radical (unpaired) electrons. The Bertz CT molecular complexity index is 593. The van der Waals surface area contributed by atoms with Gasteiger partial charge >= 0.3 is 0 Å². The van der Waals surface area contributed by atoms with Crippen LogP contribution < -0.4 is 10.1 Å². The highest BCUT2D eigenvalue weighted by molar-refractivity contribution is 5.83. The van der Waals surface area contributed by atoms with Crippen LogP contribution in [-0.2, 0) is 16.0 Å². The van der Waals surface area contributed by atoms with Crippen molar-refractivity contribution in [1.29, 1.82) is 0 Å². The van der Waals surface area contributed by atoms with Crippen molar-refractivity contribution in [3.05, 3.63) is 29.8 Å². The van der Waals surface area contributed by atoms with E-state index in [1.54, 1.807) is 0 Å². The summed E-state index contributed by atoms with van der Waals surface area (Å²) in [5, 5.41) is 3.07. The Hall–Kier alpha value is -2.04. The summed E-state index contributed by atoms with van der Waals surface area (Å²) >= 11 is 0. The number of nitrogens with one attached hydrogen (secondary N) is 1. The van der Waals surface area contributed by atoms with Crippen LogP contribution in [0.3, 0.4) is 0 Å². The summed E-state index contributed by atoms with van der Waals surface area (Å²) in [4.78, 5) is 26.6. The number of para-hydroxylation sites is 1. The van der Waals surface area contributed by atoms with Gasteiger partial charge in [-0.3, -0.25) is 9.59 Å². The second kappa shape index (κ2) is 5.87. The Balaban J connectivity index is 1.30. The van der Waals surface area contributed by atoms with Crippen molar-refractivity contribution in [2.45, 2.75) is 44.2 Å². The number of rotatable bonds is 3. The van der Waals surface area contributed by atoms with Crippen molar-refractivity contribution < 1.29 is 14.3 Å². The van der Waals surface area contributed by atoms with Crippen LogP contribution in [-0.4, -0.2) is 41.9 Å². The van der Waals surface area contributed by atoms with Crippen molar-refractivity contribution in [2.24, 2.45) is 5.92 Å². The second-order valence-electron chi connectivity index (χ2n) is 6.80. The van der Waals surface area contributed by atoms with Gasteiger partial charge in [0.1, 0.15) is 5.75 Å². The number of hydrogen-bond acceptors (Lipinski definition) is 3. The number of hydrogen-bond donors (Lipinski definition) is 1. The maximum absolute atomic E-state index is 12.6. The molecule has 0 spiro atoms. The van der Waals surface area contributed by atoms with Gasteiger partial charge in [0, 0.05) is 31.5 Å². The molecule has 1 aliphatic carbocycles. The molecular formula is C18H22N2O3. The molecule has 5 heteroatoms. The van der Waals surface area contributed by atoms with Crippen LogP contribution >= 0.6 is 0 Å².